The van der Waals surface area contributed by atoms with Crippen molar-refractivity contribution >= 4 is 17.3 Å². The van der Waals surface area contributed by atoms with Gasteiger partial charge in [0, 0.05) is 12.1 Å². The molecule has 2 N–H and O–H groups in total. The minimum atomic E-state index is 0.324. The maximum absolute atomic E-state index is 5.92. The van der Waals surface area contributed by atoms with Crippen molar-refractivity contribution in [1.82, 2.24) is 9.97 Å². The fourth-order valence-corrected chi connectivity index (χ4v) is 1.59. The number of benzene rings is 1. The number of nitrogen functional groups attached to an aromatic ring is 1. The minimum absolute atomic E-state index is 0.324. The van der Waals surface area contributed by atoms with E-state index >= 15 is 0 Å². The van der Waals surface area contributed by atoms with Gasteiger partial charge in [0.05, 0.1) is 16.4 Å². The first-order valence-corrected chi connectivity index (χ1v) is 5.99. The summed E-state index contributed by atoms with van der Waals surface area (Å²) in [6.07, 6.45) is 1.49. The molecule has 0 saturated heterocycles. The van der Waals surface area contributed by atoms with Gasteiger partial charge in [0.25, 0.3) is 0 Å². The first-order valence-electron chi connectivity index (χ1n) is 5.61. The van der Waals surface area contributed by atoms with Crippen LogP contribution >= 0.6 is 11.6 Å². The molecule has 0 spiro atoms. The van der Waals surface area contributed by atoms with E-state index in [4.69, 9.17) is 22.1 Å². The van der Waals surface area contributed by atoms with Gasteiger partial charge in [0.1, 0.15) is 12.1 Å². The van der Waals surface area contributed by atoms with Crippen molar-refractivity contribution in [3.05, 3.63) is 41.3 Å². The Labute approximate surface area is 111 Å². The van der Waals surface area contributed by atoms with Gasteiger partial charge in [-0.05, 0) is 18.1 Å². The Bertz CT molecular complexity index is 558. The first kappa shape index (κ1) is 12.6. The Balaban J connectivity index is 2.23. The highest BCUT2D eigenvalue weighted by molar-refractivity contribution is 6.33. The molecule has 0 aliphatic rings. The lowest BCUT2D eigenvalue weighted by Crippen LogP contribution is -1.96. The van der Waals surface area contributed by atoms with Crippen LogP contribution in [0.1, 0.15) is 25.5 Å². The molecule has 0 aliphatic heterocycles. The van der Waals surface area contributed by atoms with Crippen molar-refractivity contribution in [2.45, 2.75) is 19.8 Å². The molecule has 94 valence electrons. The second kappa shape index (κ2) is 5.23. The highest BCUT2D eigenvalue weighted by atomic mass is 35.5. The molecule has 0 bridgehead atoms. The van der Waals surface area contributed by atoms with Gasteiger partial charge in [-0.2, -0.15) is 0 Å². The van der Waals surface area contributed by atoms with Gasteiger partial charge in [0.15, 0.2) is 0 Å². The van der Waals surface area contributed by atoms with Crippen molar-refractivity contribution in [3.8, 4) is 11.6 Å². The van der Waals surface area contributed by atoms with Crippen molar-refractivity contribution in [1.29, 1.82) is 0 Å². The summed E-state index contributed by atoms with van der Waals surface area (Å²) in [4.78, 5) is 8.24. The number of anilines is 1. The fourth-order valence-electron chi connectivity index (χ4n) is 1.42. The number of hydrogen-bond donors (Lipinski definition) is 1. The van der Waals surface area contributed by atoms with Gasteiger partial charge in [-0.3, -0.25) is 0 Å². The summed E-state index contributed by atoms with van der Waals surface area (Å²) in [6, 6.07) is 6.92. The molecule has 2 aromatic rings. The topological polar surface area (TPSA) is 61.0 Å². The molecule has 1 aromatic heterocycles. The Morgan fingerprint density at radius 3 is 2.67 bits per heavy atom. The van der Waals surface area contributed by atoms with Gasteiger partial charge < -0.3 is 10.5 Å². The molecule has 2 rings (SSSR count). The number of nitrogens with zero attached hydrogens (tertiary/aromatic N) is 2. The lowest BCUT2D eigenvalue weighted by atomic mass is 10.1. The van der Waals surface area contributed by atoms with Crippen molar-refractivity contribution in [3.63, 3.8) is 0 Å². The predicted octanol–water partition coefficient (Wildman–Crippen LogP) is 3.63. The second-order valence-electron chi connectivity index (χ2n) is 4.22. The summed E-state index contributed by atoms with van der Waals surface area (Å²) in [6.45, 7) is 4.12. The van der Waals surface area contributed by atoms with E-state index in [2.05, 4.69) is 23.8 Å². The van der Waals surface area contributed by atoms with Crippen LogP contribution in [0.3, 0.4) is 0 Å². The molecule has 1 aromatic carbocycles. The summed E-state index contributed by atoms with van der Waals surface area (Å²) < 4.78 is 5.61. The highest BCUT2D eigenvalue weighted by Crippen LogP contribution is 2.27. The molecule has 0 saturated carbocycles. The van der Waals surface area contributed by atoms with Crippen LogP contribution in [0.5, 0.6) is 11.6 Å². The van der Waals surface area contributed by atoms with Crippen LogP contribution in [0, 0.1) is 0 Å². The molecule has 0 aliphatic carbocycles. The summed E-state index contributed by atoms with van der Waals surface area (Å²) in [5.74, 6) is 1.42. The zero-order chi connectivity index (χ0) is 13.1. The number of hydrogen-bond acceptors (Lipinski definition) is 4. The van der Waals surface area contributed by atoms with Crippen LogP contribution in [0.15, 0.2) is 30.6 Å². The van der Waals surface area contributed by atoms with Gasteiger partial charge in [-0.15, -0.1) is 0 Å². The minimum Gasteiger partial charge on any atom is -0.439 e. The van der Waals surface area contributed by atoms with E-state index in [1.54, 1.807) is 18.2 Å². The summed E-state index contributed by atoms with van der Waals surface area (Å²) in [7, 11) is 0. The second-order valence-corrected chi connectivity index (χ2v) is 4.63. The van der Waals surface area contributed by atoms with E-state index in [0.29, 0.717) is 28.3 Å². The molecule has 4 nitrogen and oxygen atoms in total. The van der Waals surface area contributed by atoms with Crippen molar-refractivity contribution < 1.29 is 4.74 Å². The zero-order valence-electron chi connectivity index (χ0n) is 10.2. The standard InChI is InChI=1S/C13H14ClN3O/c1-8(2)12-6-13(17-7-16-12)18-9-3-4-11(15)10(14)5-9/h3-8H,15H2,1-2H3. The molecule has 18 heavy (non-hydrogen) atoms. The Morgan fingerprint density at radius 2 is 2.00 bits per heavy atom. The van der Waals surface area contributed by atoms with Crippen LogP contribution in [0.4, 0.5) is 5.69 Å². The molecule has 1 heterocycles. The number of rotatable bonds is 3. The van der Waals surface area contributed by atoms with E-state index in [1.807, 2.05) is 6.07 Å². The van der Waals surface area contributed by atoms with Crippen molar-refractivity contribution in [2.75, 3.05) is 5.73 Å². The number of ether oxygens (including phenoxy) is 1. The van der Waals surface area contributed by atoms with Crippen LogP contribution in [0.2, 0.25) is 5.02 Å². The van der Waals surface area contributed by atoms with E-state index in [-0.39, 0.29) is 0 Å². The molecule has 5 heteroatoms. The smallest absolute Gasteiger partial charge is 0.222 e. The third kappa shape index (κ3) is 2.90. The van der Waals surface area contributed by atoms with E-state index < -0.39 is 0 Å². The average Bonchev–Trinajstić information content (AvgIpc) is 2.34. The third-order valence-electron chi connectivity index (χ3n) is 2.45. The third-order valence-corrected chi connectivity index (χ3v) is 2.78. The molecule has 0 atom stereocenters. The van der Waals surface area contributed by atoms with E-state index in [9.17, 15) is 0 Å². The van der Waals surface area contributed by atoms with Gasteiger partial charge >= 0.3 is 0 Å². The van der Waals surface area contributed by atoms with Crippen molar-refractivity contribution in [2.24, 2.45) is 0 Å². The lowest BCUT2D eigenvalue weighted by molar-refractivity contribution is 0.459. The van der Waals surface area contributed by atoms with Crippen LogP contribution < -0.4 is 10.5 Å². The Morgan fingerprint density at radius 1 is 1.22 bits per heavy atom. The number of aromatic nitrogens is 2. The lowest BCUT2D eigenvalue weighted by Gasteiger charge is -2.08. The molecular weight excluding hydrogens is 250 g/mol. The Kier molecular flexibility index (Phi) is 3.67. The quantitative estimate of drug-likeness (QED) is 0.859. The van der Waals surface area contributed by atoms with Gasteiger partial charge in [0.2, 0.25) is 5.88 Å². The monoisotopic (exact) mass is 263 g/mol. The summed E-state index contributed by atoms with van der Waals surface area (Å²) >= 11 is 5.92. The zero-order valence-corrected chi connectivity index (χ0v) is 11.0. The SMILES string of the molecule is CC(C)c1cc(Oc2ccc(N)c(Cl)c2)ncn1. The molecular formula is C13H14ClN3O. The largest absolute Gasteiger partial charge is 0.439 e. The Hall–Kier alpha value is -1.81. The maximum Gasteiger partial charge on any atom is 0.222 e. The average molecular weight is 264 g/mol. The maximum atomic E-state index is 5.92. The molecule has 0 fully saturated rings. The van der Waals surface area contributed by atoms with E-state index in [0.717, 1.165) is 5.69 Å². The van der Waals surface area contributed by atoms with Gasteiger partial charge in [-0.25, -0.2) is 9.97 Å². The van der Waals surface area contributed by atoms with Gasteiger partial charge in [-0.1, -0.05) is 25.4 Å². The predicted molar refractivity (Wildman–Crippen MR) is 72.1 cm³/mol. The fraction of sp³-hybridized carbons (Fsp3) is 0.231. The first-order chi connectivity index (χ1) is 8.56. The number of halogens is 1. The summed E-state index contributed by atoms with van der Waals surface area (Å²) in [5, 5.41) is 0.464. The van der Waals surface area contributed by atoms with E-state index in [1.165, 1.54) is 6.33 Å². The van der Waals surface area contributed by atoms with Crippen LogP contribution in [-0.4, -0.2) is 9.97 Å². The molecule has 0 unspecified atom stereocenters. The highest BCUT2D eigenvalue weighted by Gasteiger charge is 2.06. The summed E-state index contributed by atoms with van der Waals surface area (Å²) in [5.41, 5.74) is 7.09. The number of nitrogens with two attached hydrogens (primary N) is 1. The van der Waals surface area contributed by atoms with Crippen LogP contribution in [0.25, 0.3) is 0 Å². The van der Waals surface area contributed by atoms with Crippen LogP contribution in [-0.2, 0) is 0 Å². The normalized spacial score (nSPS) is 10.7. The molecule has 0 radical (unpaired) electrons. The molecule has 0 amide bonds.